The average molecular weight is 529 g/mol. The van der Waals surface area contributed by atoms with Crippen LogP contribution in [0.15, 0.2) is 24.5 Å². The fourth-order valence-corrected chi connectivity index (χ4v) is 4.98. The van der Waals surface area contributed by atoms with Gasteiger partial charge in [-0.1, -0.05) is 11.6 Å². The predicted molar refractivity (Wildman–Crippen MR) is 132 cm³/mol. The highest BCUT2D eigenvalue weighted by atomic mass is 35.5. The monoisotopic (exact) mass is 528 g/mol. The second kappa shape index (κ2) is 11.0. The van der Waals surface area contributed by atoms with Gasteiger partial charge in [-0.15, -0.1) is 0 Å². The Balaban J connectivity index is 1.46. The number of alkyl halides is 3. The lowest BCUT2D eigenvalue weighted by atomic mass is 9.83. The van der Waals surface area contributed by atoms with Crippen LogP contribution in [0.2, 0.25) is 5.15 Å². The van der Waals surface area contributed by atoms with E-state index in [2.05, 4.69) is 15.3 Å². The SMILES string of the molecule is COc1cc(OC2CCN(CC(F)(F)F)CC2)cnc1-c1cnc(Cl)cc1NC1CCC(C)(O)CC1. The number of nitrogens with one attached hydrogen (secondary N) is 1. The number of nitrogens with zero attached hydrogens (tertiary/aromatic N) is 3. The van der Waals surface area contributed by atoms with E-state index in [1.165, 1.54) is 4.90 Å². The maximum atomic E-state index is 12.6. The first-order valence-electron chi connectivity index (χ1n) is 12.2. The molecule has 4 rings (SSSR count). The van der Waals surface area contributed by atoms with Gasteiger partial charge in [-0.3, -0.25) is 4.90 Å². The second-order valence-electron chi connectivity index (χ2n) is 9.90. The van der Waals surface area contributed by atoms with Crippen LogP contribution in [0, 0.1) is 0 Å². The van der Waals surface area contributed by atoms with E-state index in [0.717, 1.165) is 24.1 Å². The van der Waals surface area contributed by atoms with Crippen molar-refractivity contribution in [2.24, 2.45) is 0 Å². The summed E-state index contributed by atoms with van der Waals surface area (Å²) in [5.41, 5.74) is 1.44. The highest BCUT2D eigenvalue weighted by Gasteiger charge is 2.33. The minimum Gasteiger partial charge on any atom is -0.494 e. The Bertz CT molecular complexity index is 1040. The van der Waals surface area contributed by atoms with E-state index in [9.17, 15) is 18.3 Å². The van der Waals surface area contributed by atoms with E-state index in [4.69, 9.17) is 21.1 Å². The zero-order valence-corrected chi connectivity index (χ0v) is 21.2. The molecule has 0 radical (unpaired) electrons. The van der Waals surface area contributed by atoms with Gasteiger partial charge in [0.05, 0.1) is 25.5 Å². The van der Waals surface area contributed by atoms with Crippen LogP contribution in [0.25, 0.3) is 11.3 Å². The Morgan fingerprint density at radius 3 is 2.47 bits per heavy atom. The Morgan fingerprint density at radius 2 is 1.83 bits per heavy atom. The first kappa shape index (κ1) is 26.8. The number of aliphatic hydroxyl groups is 1. The molecule has 0 unspecified atom stereocenters. The van der Waals surface area contributed by atoms with Crippen molar-refractivity contribution in [3.05, 3.63) is 29.7 Å². The molecule has 0 spiro atoms. The van der Waals surface area contributed by atoms with E-state index in [1.54, 1.807) is 31.6 Å². The molecule has 36 heavy (non-hydrogen) atoms. The molecular formula is C25H32ClF3N4O3. The number of halogens is 4. The number of likely N-dealkylation sites (tertiary alicyclic amines) is 1. The van der Waals surface area contributed by atoms with Crippen molar-refractivity contribution >= 4 is 17.3 Å². The molecule has 2 aromatic heterocycles. The van der Waals surface area contributed by atoms with Crippen LogP contribution in [-0.2, 0) is 0 Å². The molecule has 1 aliphatic heterocycles. The van der Waals surface area contributed by atoms with Gasteiger partial charge in [-0.05, 0) is 51.5 Å². The molecule has 2 aromatic rings. The molecular weight excluding hydrogens is 497 g/mol. The quantitative estimate of drug-likeness (QED) is 0.471. The maximum Gasteiger partial charge on any atom is 0.401 e. The van der Waals surface area contributed by atoms with E-state index in [1.807, 2.05) is 6.92 Å². The van der Waals surface area contributed by atoms with Crippen molar-refractivity contribution in [3.63, 3.8) is 0 Å². The number of hydrogen-bond donors (Lipinski definition) is 2. The van der Waals surface area contributed by atoms with Crippen molar-refractivity contribution in [1.29, 1.82) is 0 Å². The molecule has 0 aromatic carbocycles. The maximum absolute atomic E-state index is 12.6. The highest BCUT2D eigenvalue weighted by Crippen LogP contribution is 2.38. The molecule has 2 fully saturated rings. The van der Waals surface area contributed by atoms with Crippen molar-refractivity contribution in [2.75, 3.05) is 32.1 Å². The van der Waals surface area contributed by atoms with Crippen molar-refractivity contribution in [1.82, 2.24) is 14.9 Å². The molecule has 2 aliphatic rings. The summed E-state index contributed by atoms with van der Waals surface area (Å²) in [5, 5.41) is 14.1. The third kappa shape index (κ3) is 7.14. The van der Waals surface area contributed by atoms with Crippen molar-refractivity contribution in [2.45, 2.75) is 69.4 Å². The summed E-state index contributed by atoms with van der Waals surface area (Å²) in [5.74, 6) is 0.983. The molecule has 7 nitrogen and oxygen atoms in total. The zero-order valence-electron chi connectivity index (χ0n) is 20.4. The largest absolute Gasteiger partial charge is 0.494 e. The van der Waals surface area contributed by atoms with Gasteiger partial charge in [0.25, 0.3) is 0 Å². The van der Waals surface area contributed by atoms with Crippen LogP contribution in [0.3, 0.4) is 0 Å². The Kier molecular flexibility index (Phi) is 8.16. The summed E-state index contributed by atoms with van der Waals surface area (Å²) < 4.78 is 49.5. The Hall–Kier alpha value is -2.30. The fourth-order valence-electron chi connectivity index (χ4n) is 4.82. The second-order valence-corrected chi connectivity index (χ2v) is 10.3. The van der Waals surface area contributed by atoms with Crippen LogP contribution < -0.4 is 14.8 Å². The molecule has 0 bridgehead atoms. The number of methoxy groups -OCH3 is 1. The summed E-state index contributed by atoms with van der Waals surface area (Å²) in [7, 11) is 1.54. The van der Waals surface area contributed by atoms with Crippen molar-refractivity contribution in [3.8, 4) is 22.8 Å². The molecule has 0 atom stereocenters. The van der Waals surface area contributed by atoms with Crippen molar-refractivity contribution < 1.29 is 27.8 Å². The number of ether oxygens (including phenoxy) is 2. The van der Waals surface area contributed by atoms with E-state index in [-0.39, 0.29) is 12.1 Å². The Labute approximate surface area is 214 Å². The third-order valence-electron chi connectivity index (χ3n) is 6.84. The summed E-state index contributed by atoms with van der Waals surface area (Å²) in [6.45, 7) is 1.63. The minimum absolute atomic E-state index is 0.180. The number of piperidine rings is 1. The summed E-state index contributed by atoms with van der Waals surface area (Å²) in [6.07, 6.45) is 2.93. The van der Waals surface area contributed by atoms with Gasteiger partial charge >= 0.3 is 6.18 Å². The molecule has 2 N–H and O–H groups in total. The number of pyridine rings is 2. The molecule has 1 aliphatic carbocycles. The Morgan fingerprint density at radius 1 is 1.14 bits per heavy atom. The predicted octanol–water partition coefficient (Wildman–Crippen LogP) is 5.32. The topological polar surface area (TPSA) is 79.7 Å². The summed E-state index contributed by atoms with van der Waals surface area (Å²) >= 11 is 6.19. The van der Waals surface area contributed by atoms with E-state index in [0.29, 0.717) is 61.1 Å². The van der Waals surface area contributed by atoms with Gasteiger partial charge in [-0.25, -0.2) is 9.97 Å². The van der Waals surface area contributed by atoms with E-state index < -0.39 is 18.3 Å². The normalized spacial score (nSPS) is 23.9. The standard InChI is InChI=1S/C25H32ClF3N4O3/c1-24(34)7-3-16(4-8-24)32-20-12-22(26)30-14-19(20)23-21(35-2)11-18(13-31-23)36-17-5-9-33(10-6-17)15-25(27,28)29/h11-14,16-17,34H,3-10,15H2,1-2H3,(H,30,32). The van der Waals surface area contributed by atoms with Gasteiger partial charge in [0.15, 0.2) is 0 Å². The van der Waals surface area contributed by atoms with Gasteiger partial charge in [0.2, 0.25) is 0 Å². The van der Waals surface area contributed by atoms with Crippen LogP contribution in [0.5, 0.6) is 11.5 Å². The van der Waals surface area contributed by atoms with E-state index >= 15 is 0 Å². The average Bonchev–Trinajstić information content (AvgIpc) is 2.81. The zero-order chi connectivity index (χ0) is 25.9. The number of rotatable bonds is 7. The molecule has 198 valence electrons. The lowest BCUT2D eigenvalue weighted by molar-refractivity contribution is -0.149. The van der Waals surface area contributed by atoms with Crippen LogP contribution >= 0.6 is 11.6 Å². The molecule has 1 saturated carbocycles. The number of aromatic nitrogens is 2. The van der Waals surface area contributed by atoms with Crippen LogP contribution in [0.1, 0.15) is 45.4 Å². The smallest absolute Gasteiger partial charge is 0.401 e. The fraction of sp³-hybridized carbons (Fsp3) is 0.600. The highest BCUT2D eigenvalue weighted by molar-refractivity contribution is 6.29. The summed E-state index contributed by atoms with van der Waals surface area (Å²) in [4.78, 5) is 10.2. The number of anilines is 1. The lowest BCUT2D eigenvalue weighted by Crippen LogP contribution is -2.42. The third-order valence-corrected chi connectivity index (χ3v) is 7.04. The molecule has 1 saturated heterocycles. The molecule has 0 amide bonds. The van der Waals surface area contributed by atoms with Crippen LogP contribution in [-0.4, -0.2) is 70.6 Å². The van der Waals surface area contributed by atoms with Gasteiger partial charge < -0.3 is 19.9 Å². The summed E-state index contributed by atoms with van der Waals surface area (Å²) in [6, 6.07) is 3.67. The number of hydrogen-bond acceptors (Lipinski definition) is 7. The van der Waals surface area contributed by atoms with Gasteiger partial charge in [0, 0.05) is 42.6 Å². The lowest BCUT2D eigenvalue weighted by Gasteiger charge is -2.34. The van der Waals surface area contributed by atoms with Crippen LogP contribution in [0.4, 0.5) is 18.9 Å². The first-order chi connectivity index (χ1) is 17.0. The van der Waals surface area contributed by atoms with Gasteiger partial charge in [-0.2, -0.15) is 13.2 Å². The minimum atomic E-state index is -4.19. The van der Waals surface area contributed by atoms with Gasteiger partial charge in [0.1, 0.15) is 28.5 Å². The first-order valence-corrected chi connectivity index (χ1v) is 12.5. The molecule has 11 heteroatoms. The molecule has 3 heterocycles.